The van der Waals surface area contributed by atoms with Crippen LogP contribution >= 0.6 is 23.5 Å². The van der Waals surface area contributed by atoms with Crippen LogP contribution in [-0.2, 0) is 4.79 Å². The summed E-state index contributed by atoms with van der Waals surface area (Å²) in [5.41, 5.74) is 1.17. The molecule has 1 aliphatic rings. The summed E-state index contributed by atoms with van der Waals surface area (Å²) in [6, 6.07) is 12.9. The van der Waals surface area contributed by atoms with Gasteiger partial charge in [-0.3, -0.25) is 0 Å². The van der Waals surface area contributed by atoms with Gasteiger partial charge < -0.3 is 18.9 Å². The number of rotatable bonds is 8. The van der Waals surface area contributed by atoms with Crippen LogP contribution in [-0.4, -0.2) is 37.8 Å². The summed E-state index contributed by atoms with van der Waals surface area (Å²) in [7, 11) is 1.57. The molecule has 0 spiro atoms. The Morgan fingerprint density at radius 2 is 1.70 bits per heavy atom. The third-order valence-electron chi connectivity index (χ3n) is 3.80. The molecule has 2 aromatic carbocycles. The van der Waals surface area contributed by atoms with Gasteiger partial charge in [-0.25, -0.2) is 4.79 Å². The zero-order valence-electron chi connectivity index (χ0n) is 15.3. The van der Waals surface area contributed by atoms with E-state index in [9.17, 15) is 4.79 Å². The summed E-state index contributed by atoms with van der Waals surface area (Å²) < 4.78 is 22.3. The molecule has 0 saturated carbocycles. The van der Waals surface area contributed by atoms with E-state index in [-0.39, 0.29) is 6.61 Å². The number of esters is 1. The van der Waals surface area contributed by atoms with Crippen molar-refractivity contribution in [3.05, 3.63) is 48.0 Å². The fourth-order valence-corrected chi connectivity index (χ4v) is 5.44. The van der Waals surface area contributed by atoms with Gasteiger partial charge in [0.2, 0.25) is 0 Å². The van der Waals surface area contributed by atoms with Gasteiger partial charge in [0.1, 0.15) is 0 Å². The van der Waals surface area contributed by atoms with E-state index in [0.29, 0.717) is 34.2 Å². The molecule has 0 radical (unpaired) electrons. The molecular formula is C20H22O5S2. The molecule has 2 aromatic rings. The number of ether oxygens (including phenoxy) is 4. The molecule has 1 aliphatic heterocycles. The predicted molar refractivity (Wildman–Crippen MR) is 109 cm³/mol. The lowest BCUT2D eigenvalue weighted by atomic mass is 10.2. The van der Waals surface area contributed by atoms with Crippen molar-refractivity contribution < 1.29 is 23.7 Å². The summed E-state index contributed by atoms with van der Waals surface area (Å²) in [6.45, 7) is 2.19. The van der Waals surface area contributed by atoms with Crippen molar-refractivity contribution >= 4 is 29.5 Å². The van der Waals surface area contributed by atoms with Gasteiger partial charge >= 0.3 is 5.97 Å². The Morgan fingerprint density at radius 3 is 2.37 bits per heavy atom. The summed E-state index contributed by atoms with van der Waals surface area (Å²) >= 11 is 3.83. The molecule has 1 fully saturated rings. The summed E-state index contributed by atoms with van der Waals surface area (Å²) in [5.74, 6) is 3.83. The lowest BCUT2D eigenvalue weighted by molar-refractivity contribution is -0.136. The number of carbonyl (C=O) groups excluding carboxylic acids is 1. The standard InChI is InChI=1S/C20H22O5S2/c1-3-23-15-6-4-5-7-16(15)24-13-19(21)25-17-9-8-14(12-18(17)22-2)20-26-10-11-27-20/h4-9,12,20H,3,10-11,13H2,1-2H3. The van der Waals surface area contributed by atoms with E-state index in [0.717, 1.165) is 11.5 Å². The number of para-hydroxylation sites is 2. The molecule has 0 aromatic heterocycles. The minimum Gasteiger partial charge on any atom is -0.493 e. The first-order valence-electron chi connectivity index (χ1n) is 8.67. The molecule has 0 amide bonds. The fraction of sp³-hybridized carbons (Fsp3) is 0.350. The average Bonchev–Trinajstić information content (AvgIpc) is 3.23. The van der Waals surface area contributed by atoms with Crippen molar-refractivity contribution in [1.82, 2.24) is 0 Å². The Balaban J connectivity index is 1.62. The second kappa shape index (κ2) is 9.80. The lowest BCUT2D eigenvalue weighted by Crippen LogP contribution is -2.18. The highest BCUT2D eigenvalue weighted by molar-refractivity contribution is 8.19. The number of carbonyl (C=O) groups is 1. The molecule has 0 aliphatic carbocycles. The molecule has 1 saturated heterocycles. The van der Waals surface area contributed by atoms with Crippen molar-refractivity contribution in [1.29, 1.82) is 0 Å². The Labute approximate surface area is 167 Å². The highest BCUT2D eigenvalue weighted by Crippen LogP contribution is 2.46. The molecule has 7 heteroatoms. The Kier molecular flexibility index (Phi) is 7.18. The van der Waals surface area contributed by atoms with E-state index >= 15 is 0 Å². The average molecular weight is 407 g/mol. The maximum Gasteiger partial charge on any atom is 0.349 e. The maximum atomic E-state index is 12.2. The smallest absolute Gasteiger partial charge is 0.349 e. The van der Waals surface area contributed by atoms with E-state index in [1.165, 1.54) is 5.56 Å². The van der Waals surface area contributed by atoms with Crippen LogP contribution in [0.3, 0.4) is 0 Å². The quantitative estimate of drug-likeness (QED) is 0.471. The van der Waals surface area contributed by atoms with Crippen LogP contribution in [0.1, 0.15) is 17.1 Å². The van der Waals surface area contributed by atoms with Crippen LogP contribution in [0, 0.1) is 0 Å². The molecule has 5 nitrogen and oxygen atoms in total. The number of thioether (sulfide) groups is 2. The highest BCUT2D eigenvalue weighted by atomic mass is 32.2. The summed E-state index contributed by atoms with van der Waals surface area (Å²) in [4.78, 5) is 12.2. The first-order chi connectivity index (χ1) is 13.2. The van der Waals surface area contributed by atoms with Crippen LogP contribution in [0.15, 0.2) is 42.5 Å². The van der Waals surface area contributed by atoms with Crippen LogP contribution in [0.4, 0.5) is 0 Å². The van der Waals surface area contributed by atoms with Gasteiger partial charge in [-0.15, -0.1) is 23.5 Å². The molecule has 0 bridgehead atoms. The number of methoxy groups -OCH3 is 1. The van der Waals surface area contributed by atoms with Crippen molar-refractivity contribution in [2.75, 3.05) is 31.8 Å². The van der Waals surface area contributed by atoms with E-state index in [1.54, 1.807) is 25.3 Å². The first kappa shape index (κ1) is 19.8. The molecule has 0 N–H and O–H groups in total. The van der Waals surface area contributed by atoms with Gasteiger partial charge in [0.05, 0.1) is 18.3 Å². The van der Waals surface area contributed by atoms with Gasteiger partial charge in [-0.1, -0.05) is 18.2 Å². The molecule has 1 heterocycles. The Morgan fingerprint density at radius 1 is 1.00 bits per heavy atom. The monoisotopic (exact) mass is 406 g/mol. The van der Waals surface area contributed by atoms with Crippen LogP contribution in [0.5, 0.6) is 23.0 Å². The largest absolute Gasteiger partial charge is 0.493 e. The SMILES string of the molecule is CCOc1ccccc1OCC(=O)Oc1ccc(C2SCCS2)cc1OC. The van der Waals surface area contributed by atoms with Gasteiger partial charge in [0.25, 0.3) is 0 Å². The zero-order valence-corrected chi connectivity index (χ0v) is 16.9. The van der Waals surface area contributed by atoms with E-state index in [4.69, 9.17) is 18.9 Å². The minimum absolute atomic E-state index is 0.219. The lowest BCUT2D eigenvalue weighted by Gasteiger charge is -2.14. The molecule has 0 unspecified atom stereocenters. The van der Waals surface area contributed by atoms with Gasteiger partial charge in [-0.2, -0.15) is 0 Å². The summed E-state index contributed by atoms with van der Waals surface area (Å²) in [6.07, 6.45) is 0. The van der Waals surface area contributed by atoms with Crippen molar-refractivity contribution in [2.24, 2.45) is 0 Å². The topological polar surface area (TPSA) is 54.0 Å². The van der Waals surface area contributed by atoms with Crippen LogP contribution < -0.4 is 18.9 Å². The van der Waals surface area contributed by atoms with Crippen LogP contribution in [0.2, 0.25) is 0 Å². The number of benzene rings is 2. The molecule has 0 atom stereocenters. The van der Waals surface area contributed by atoms with Crippen molar-refractivity contribution in [2.45, 2.75) is 11.5 Å². The van der Waals surface area contributed by atoms with Gasteiger partial charge in [0, 0.05) is 11.5 Å². The number of hydrogen-bond acceptors (Lipinski definition) is 7. The fourth-order valence-electron chi connectivity index (χ4n) is 2.60. The van der Waals surface area contributed by atoms with Crippen molar-refractivity contribution in [3.8, 4) is 23.0 Å². The summed E-state index contributed by atoms with van der Waals surface area (Å²) in [5, 5.41) is 0. The van der Waals surface area contributed by atoms with E-state index in [2.05, 4.69) is 0 Å². The Hall–Kier alpha value is -1.99. The van der Waals surface area contributed by atoms with Gasteiger partial charge in [0.15, 0.2) is 29.6 Å². The third kappa shape index (κ3) is 5.26. The maximum absolute atomic E-state index is 12.2. The highest BCUT2D eigenvalue weighted by Gasteiger charge is 2.20. The Bertz CT molecular complexity index is 775. The molecule has 3 rings (SSSR count). The third-order valence-corrected chi connectivity index (χ3v) is 6.90. The normalized spacial score (nSPS) is 14.0. The first-order valence-corrected chi connectivity index (χ1v) is 10.8. The van der Waals surface area contributed by atoms with Crippen molar-refractivity contribution in [3.63, 3.8) is 0 Å². The predicted octanol–water partition coefficient (Wildman–Crippen LogP) is 4.56. The molecule has 144 valence electrons. The molecule has 27 heavy (non-hydrogen) atoms. The second-order valence-corrected chi connectivity index (χ2v) is 8.35. The van der Waals surface area contributed by atoms with E-state index in [1.807, 2.05) is 54.7 Å². The minimum atomic E-state index is -0.503. The zero-order chi connectivity index (χ0) is 19.1. The van der Waals surface area contributed by atoms with Gasteiger partial charge in [-0.05, 0) is 36.8 Å². The second-order valence-electron chi connectivity index (χ2n) is 5.63. The van der Waals surface area contributed by atoms with Crippen LogP contribution in [0.25, 0.3) is 0 Å². The number of hydrogen-bond donors (Lipinski definition) is 0. The van der Waals surface area contributed by atoms with E-state index < -0.39 is 5.97 Å². The molecular weight excluding hydrogens is 384 g/mol.